The van der Waals surface area contributed by atoms with Crippen molar-refractivity contribution in [1.82, 2.24) is 18.2 Å². The van der Waals surface area contributed by atoms with Gasteiger partial charge in [0.1, 0.15) is 52.5 Å². The molecule has 10 aromatic carbocycles. The molecule has 4 N–H and O–H groups in total. The molecule has 0 radical (unpaired) electrons. The van der Waals surface area contributed by atoms with Crippen molar-refractivity contribution in [2.24, 2.45) is 0 Å². The van der Waals surface area contributed by atoms with Gasteiger partial charge < -0.3 is 62.7 Å². The number of rotatable bonds is 24. The quantitative estimate of drug-likeness (QED) is 0.0143. The average molecular weight is 1940 g/mol. The minimum atomic E-state index is -4.88. The van der Waals surface area contributed by atoms with Crippen LogP contribution in [0.2, 0.25) is 0 Å². The number of hydrogen-bond donors (Lipinski definition) is 4. The Bertz CT molecular complexity index is 6220. The van der Waals surface area contributed by atoms with Crippen molar-refractivity contribution >= 4 is 52.1 Å². The van der Waals surface area contributed by atoms with Gasteiger partial charge in [-0.15, -0.1) is 0 Å². The molecule has 4 aliphatic rings. The molecular formula is C99H117F5N4O22S4. The van der Waals surface area contributed by atoms with Crippen molar-refractivity contribution in [3.05, 3.63) is 293 Å². The zero-order valence-corrected chi connectivity index (χ0v) is 81.5. The van der Waals surface area contributed by atoms with E-state index in [0.29, 0.717) is 80.5 Å². The molecule has 134 heavy (non-hydrogen) atoms. The summed E-state index contributed by atoms with van der Waals surface area (Å²) in [4.78, 5) is 23.2. The van der Waals surface area contributed by atoms with Crippen molar-refractivity contribution in [1.29, 1.82) is 0 Å². The van der Waals surface area contributed by atoms with E-state index in [1.54, 1.807) is 127 Å². The second-order valence-electron chi connectivity index (χ2n) is 33.8. The second-order valence-corrected chi connectivity index (χ2v) is 40.7. The van der Waals surface area contributed by atoms with Gasteiger partial charge in [0.2, 0.25) is 64.9 Å². The Kier molecular flexibility index (Phi) is 37.1. The van der Waals surface area contributed by atoms with Gasteiger partial charge in [0.25, 0.3) is 0 Å². The summed E-state index contributed by atoms with van der Waals surface area (Å²) in [5.41, 5.74) is 14.7. The number of esters is 1. The minimum absolute atomic E-state index is 0.00805. The van der Waals surface area contributed by atoms with Crippen LogP contribution in [0.15, 0.2) is 183 Å². The maximum absolute atomic E-state index is 13.9. The van der Waals surface area contributed by atoms with Gasteiger partial charge in [-0.25, -0.2) is 48.0 Å². The summed E-state index contributed by atoms with van der Waals surface area (Å²) >= 11 is 0. The summed E-state index contributed by atoms with van der Waals surface area (Å²) in [5, 5.41) is 30.9. The number of halogens is 5. The highest BCUT2D eigenvalue weighted by atomic mass is 32.2. The summed E-state index contributed by atoms with van der Waals surface area (Å²) in [5.74, 6) is -12.2. The number of hydrogen-bond acceptors (Lipinski definition) is 22. The predicted octanol–water partition coefficient (Wildman–Crippen LogP) is 15.5. The first-order valence-electron chi connectivity index (χ1n) is 42.7. The average Bonchev–Trinajstić information content (AvgIpc) is 0.759. The molecule has 35 heteroatoms. The summed E-state index contributed by atoms with van der Waals surface area (Å²) < 4.78 is 224. The fourth-order valence-electron chi connectivity index (χ4n) is 16.5. The molecule has 0 aromatic heterocycles. The van der Waals surface area contributed by atoms with Crippen molar-refractivity contribution < 1.29 is 123 Å². The van der Waals surface area contributed by atoms with Crippen molar-refractivity contribution in [3.8, 4) is 34.5 Å². The van der Waals surface area contributed by atoms with Crippen molar-refractivity contribution in [3.63, 3.8) is 0 Å². The van der Waals surface area contributed by atoms with E-state index in [-0.39, 0.29) is 79.6 Å². The summed E-state index contributed by atoms with van der Waals surface area (Å²) in [6, 6.07) is 49.6. The normalized spacial score (nSPS) is 16.0. The Morgan fingerprint density at radius 2 is 0.679 bits per heavy atom. The minimum Gasteiger partial charge on any atom is -0.497 e. The molecular weight excluding hydrogens is 1820 g/mol. The Balaban J connectivity index is 0.000000187. The number of carboxylic acid groups (broad SMARTS) is 1. The number of carboxylic acids is 1. The summed E-state index contributed by atoms with van der Waals surface area (Å²) in [7, 11) is -8.61. The molecule has 0 unspecified atom stereocenters. The number of aryl methyl sites for hydroxylation is 10. The molecule has 0 saturated carbocycles. The van der Waals surface area contributed by atoms with Crippen LogP contribution in [0.4, 0.5) is 22.0 Å². The monoisotopic (exact) mass is 1940 g/mol. The number of sulfonamides is 3. The van der Waals surface area contributed by atoms with Crippen LogP contribution < -0.4 is 33.2 Å². The van der Waals surface area contributed by atoms with E-state index in [9.17, 15) is 70.3 Å². The molecule has 0 saturated heterocycles. The first-order valence-corrected chi connectivity index (χ1v) is 48.5. The van der Waals surface area contributed by atoms with Gasteiger partial charge in [-0.3, -0.25) is 0 Å². The van der Waals surface area contributed by atoms with Crippen molar-refractivity contribution in [2.45, 2.75) is 191 Å². The van der Waals surface area contributed by atoms with Crippen LogP contribution in [-0.4, -0.2) is 179 Å². The van der Waals surface area contributed by atoms with Crippen LogP contribution in [0.1, 0.15) is 121 Å². The van der Waals surface area contributed by atoms with Gasteiger partial charge in [0.05, 0.1) is 94.8 Å². The third-order valence-electron chi connectivity index (χ3n) is 22.4. The number of aliphatic carboxylic acids is 1. The molecule has 0 amide bonds. The molecule has 4 heterocycles. The van der Waals surface area contributed by atoms with E-state index in [1.807, 2.05) is 84.9 Å². The van der Waals surface area contributed by atoms with Crippen LogP contribution >= 0.6 is 0 Å². The van der Waals surface area contributed by atoms with E-state index in [2.05, 4.69) is 53.7 Å². The number of aliphatic hydroxyl groups is 2. The molecule has 0 fully saturated rings. The van der Waals surface area contributed by atoms with Crippen LogP contribution in [-0.2, 0) is 116 Å². The highest BCUT2D eigenvalue weighted by Gasteiger charge is 2.42. The molecule has 0 aliphatic carbocycles. The number of methoxy groups -OCH3 is 5. The van der Waals surface area contributed by atoms with Gasteiger partial charge in [-0.1, -0.05) is 103 Å². The fourth-order valence-corrected chi connectivity index (χ4v) is 23.9. The molecule has 4 atom stereocenters. The zero-order chi connectivity index (χ0) is 98.8. The van der Waals surface area contributed by atoms with Gasteiger partial charge in [0.15, 0.2) is 0 Å². The lowest BCUT2D eigenvalue weighted by molar-refractivity contribution is -0.160. The Morgan fingerprint density at radius 1 is 0.388 bits per heavy atom. The van der Waals surface area contributed by atoms with Gasteiger partial charge in [0, 0.05) is 32.2 Å². The number of benzene rings is 10. The Labute approximate surface area is 782 Å². The van der Waals surface area contributed by atoms with E-state index >= 15 is 0 Å². The topological polar surface area (TPSA) is 336 Å². The molecule has 10 aromatic rings. The number of carbonyl (C=O) groups excluding carboxylic acids is 1. The highest BCUT2D eigenvalue weighted by Crippen LogP contribution is 2.40. The van der Waals surface area contributed by atoms with E-state index < -0.39 is 122 Å². The standard InChI is InChI=1S/C25H33NO6S.C21H25NO6S.C19H23NO4S.C15H11F5O4S.C10H13NO.C9H12O/c1-17-11-22(30-6)12-18(2)24(17)33(28,29)26-14-20-10-8-7-9-19(20)13-21(26)15-31-16-23(27)32-25(3,4)5;1-14-8-19(27-3)9-15(2)21(14)29(25,26)22-11-17-7-5-4-6-16(17)10-18(22)12-28-13-20(23)24;1-13-8-18(24-3)9-14(2)19(13)25(22,23)20-11-16-7-5-4-6-15(16)10-17(20)12-21;1-6-4-8(23-3)5-7(2)15(6)25(21,22)24-14-12(19)10(17)9(16)11(18)13(14)20;12-7-10-5-8-3-1-2-4-9(8)6-11-10;1-7-4-8(2)6-9(5-7)10-3/h7-12,21H,13-16H2,1-6H3;4-9,18H,10-13H2,1-3H3,(H,23,24);4-9,17,21H,10-12H2,1-3H3;4-5H,1-3H3;1-4,10-12H,5-7H2;4-6H,1-3H3/t21-;18-;17-;;10-;/m000.0./s1. The van der Waals surface area contributed by atoms with Crippen LogP contribution in [0.3, 0.4) is 0 Å². The maximum atomic E-state index is 13.9. The molecule has 14 rings (SSSR count). The lowest BCUT2D eigenvalue weighted by Crippen LogP contribution is -2.47. The third kappa shape index (κ3) is 26.6. The molecule has 26 nitrogen and oxygen atoms in total. The van der Waals surface area contributed by atoms with E-state index in [4.69, 9.17) is 48.1 Å². The lowest BCUT2D eigenvalue weighted by atomic mass is 9.96. The lowest BCUT2D eigenvalue weighted by Gasteiger charge is -2.36. The zero-order valence-electron chi connectivity index (χ0n) is 78.3. The van der Waals surface area contributed by atoms with Crippen molar-refractivity contribution in [2.75, 3.05) is 75.2 Å². The SMILES string of the molecule is COc1cc(C)c(S(=O)(=O)N2Cc3ccccc3C[C@H]2CO)c(C)c1.COc1cc(C)c(S(=O)(=O)N2Cc3ccccc3C[C@H]2COCC(=O)O)c(C)c1.COc1cc(C)c(S(=O)(=O)N2Cc3ccccc3C[C@H]2COCC(=O)OC(C)(C)C)c(C)c1.COc1cc(C)c(S(=O)(=O)Oc2c(F)c(F)c(F)c(F)c2F)c(C)c1.COc1cc(C)cc(C)c1.OC[C@@H]1Cc2ccccc2CN1. The highest BCUT2D eigenvalue weighted by molar-refractivity contribution is 7.90. The number of fused-ring (bicyclic) bond motifs is 4. The first-order chi connectivity index (χ1) is 63.2. The number of ether oxygens (including phenoxy) is 8. The van der Waals surface area contributed by atoms with Gasteiger partial charge in [-0.2, -0.15) is 30.1 Å². The molecule has 0 spiro atoms. The number of aliphatic hydroxyl groups excluding tert-OH is 2. The number of nitrogens with one attached hydrogen (secondary N) is 1. The van der Waals surface area contributed by atoms with E-state index in [1.165, 1.54) is 68.3 Å². The Hall–Kier alpha value is -10.9. The molecule has 4 aliphatic heterocycles. The second kappa shape index (κ2) is 46.5. The van der Waals surface area contributed by atoms with Gasteiger partial charge >= 0.3 is 22.1 Å². The molecule has 724 valence electrons. The Morgan fingerprint density at radius 3 is 1.00 bits per heavy atom. The number of nitrogens with zero attached hydrogens (tertiary/aromatic N) is 3. The predicted molar refractivity (Wildman–Crippen MR) is 496 cm³/mol. The smallest absolute Gasteiger partial charge is 0.339 e. The maximum Gasteiger partial charge on any atom is 0.339 e. The third-order valence-corrected chi connectivity index (χ3v) is 30.6. The summed E-state index contributed by atoms with van der Waals surface area (Å²) in [6.45, 7) is 23.8. The van der Waals surface area contributed by atoms with Crippen LogP contribution in [0.5, 0.6) is 34.5 Å². The first kappa shape index (κ1) is 107. The molecule has 0 bridgehead atoms. The van der Waals surface area contributed by atoms with Crippen LogP contribution in [0, 0.1) is 98.3 Å². The largest absolute Gasteiger partial charge is 0.497 e. The summed E-state index contributed by atoms with van der Waals surface area (Å²) in [6.07, 6.45) is 2.42. The van der Waals surface area contributed by atoms with Crippen LogP contribution in [0.25, 0.3) is 0 Å². The van der Waals surface area contributed by atoms with E-state index in [0.717, 1.165) is 52.1 Å². The fraction of sp³-hybridized carbons (Fsp3) is 0.374. The van der Waals surface area contributed by atoms with Gasteiger partial charge in [-0.05, 0) is 276 Å². The number of carbonyl (C=O) groups is 2.